The van der Waals surface area contributed by atoms with E-state index in [1.54, 1.807) is 13.2 Å². The van der Waals surface area contributed by atoms with Crippen molar-refractivity contribution in [1.29, 1.82) is 0 Å². The van der Waals surface area contributed by atoms with Crippen LogP contribution in [0, 0.1) is 13.8 Å². The summed E-state index contributed by atoms with van der Waals surface area (Å²) in [5, 5.41) is 11.6. The molecule has 0 aromatic heterocycles. The molecule has 0 unspecified atom stereocenters. The van der Waals surface area contributed by atoms with E-state index in [9.17, 15) is 8.42 Å². The molecule has 0 bridgehead atoms. The maximum atomic E-state index is 11.6. The zero-order valence-corrected chi connectivity index (χ0v) is 15.2. The second-order valence-corrected chi connectivity index (χ2v) is 7.24. The van der Waals surface area contributed by atoms with Crippen LogP contribution in [-0.4, -0.2) is 20.6 Å². The summed E-state index contributed by atoms with van der Waals surface area (Å²) in [4.78, 5) is 0.0391. The zero-order valence-electron chi connectivity index (χ0n) is 13.6. The largest absolute Gasteiger partial charge is 0.497 e. The Bertz CT molecular complexity index is 880. The molecule has 0 fully saturated rings. The van der Waals surface area contributed by atoms with Crippen LogP contribution in [0.1, 0.15) is 11.1 Å². The fraction of sp³-hybridized carbons (Fsp3) is 0.188. The van der Waals surface area contributed by atoms with Crippen LogP contribution in [0.3, 0.4) is 0 Å². The van der Waals surface area contributed by atoms with Crippen molar-refractivity contribution in [3.05, 3.63) is 47.5 Å². The van der Waals surface area contributed by atoms with E-state index >= 15 is 0 Å². The number of nitrogens with two attached hydrogens (primary N) is 1. The molecule has 0 heterocycles. The van der Waals surface area contributed by atoms with Gasteiger partial charge in [-0.1, -0.05) is 6.07 Å². The lowest BCUT2D eigenvalue weighted by Gasteiger charge is -2.15. The molecular formula is C16H19N3O3S2. The Labute approximate surface area is 147 Å². The molecule has 0 aliphatic heterocycles. The molecular weight excluding hydrogens is 346 g/mol. The maximum absolute atomic E-state index is 11.6. The highest BCUT2D eigenvalue weighted by molar-refractivity contribution is 7.89. The summed E-state index contributed by atoms with van der Waals surface area (Å²) in [6.45, 7) is 3.69. The molecule has 0 radical (unpaired) electrons. The summed E-state index contributed by atoms with van der Waals surface area (Å²) in [6.07, 6.45) is 0. The number of hydrogen-bond donors (Lipinski definition) is 3. The van der Waals surface area contributed by atoms with Crippen LogP contribution in [0.25, 0.3) is 0 Å². The summed E-state index contributed by atoms with van der Waals surface area (Å²) in [5.74, 6) is 0.700. The average Bonchev–Trinajstić information content (AvgIpc) is 2.50. The summed E-state index contributed by atoms with van der Waals surface area (Å²) >= 11 is 5.29. The number of nitrogens with one attached hydrogen (secondary N) is 2. The molecule has 2 rings (SSSR count). The highest BCUT2D eigenvalue weighted by Crippen LogP contribution is 2.24. The second-order valence-electron chi connectivity index (χ2n) is 5.27. The van der Waals surface area contributed by atoms with Crippen molar-refractivity contribution in [2.45, 2.75) is 18.7 Å². The van der Waals surface area contributed by atoms with Gasteiger partial charge >= 0.3 is 0 Å². The summed E-state index contributed by atoms with van der Waals surface area (Å²) < 4.78 is 28.3. The van der Waals surface area contributed by atoms with E-state index in [1.165, 1.54) is 12.1 Å². The number of primary sulfonamides is 1. The Morgan fingerprint density at radius 3 is 2.50 bits per heavy atom. The first-order valence-electron chi connectivity index (χ1n) is 7.07. The van der Waals surface area contributed by atoms with Crippen LogP contribution < -0.4 is 20.5 Å². The molecule has 0 atom stereocenters. The van der Waals surface area contributed by atoms with Crippen LogP contribution in [-0.2, 0) is 10.0 Å². The van der Waals surface area contributed by atoms with Gasteiger partial charge in [0.05, 0.1) is 12.0 Å². The first kappa shape index (κ1) is 18.2. The lowest BCUT2D eigenvalue weighted by atomic mass is 10.1. The van der Waals surface area contributed by atoms with E-state index in [0.29, 0.717) is 16.5 Å². The van der Waals surface area contributed by atoms with Gasteiger partial charge in [0, 0.05) is 17.4 Å². The smallest absolute Gasteiger partial charge is 0.238 e. The van der Waals surface area contributed by atoms with Crippen molar-refractivity contribution in [2.75, 3.05) is 17.7 Å². The van der Waals surface area contributed by atoms with Gasteiger partial charge in [-0.25, -0.2) is 13.6 Å². The van der Waals surface area contributed by atoms with E-state index in [1.807, 2.05) is 32.0 Å². The fourth-order valence-electron chi connectivity index (χ4n) is 2.11. The number of benzene rings is 2. The molecule has 0 saturated carbocycles. The Hall–Kier alpha value is -2.16. The van der Waals surface area contributed by atoms with Gasteiger partial charge in [-0.15, -0.1) is 0 Å². The molecule has 2 aromatic carbocycles. The van der Waals surface area contributed by atoms with Crippen molar-refractivity contribution in [2.24, 2.45) is 5.14 Å². The minimum Gasteiger partial charge on any atom is -0.497 e. The van der Waals surface area contributed by atoms with Crippen LogP contribution in [0.5, 0.6) is 5.75 Å². The number of sulfonamides is 1. The van der Waals surface area contributed by atoms with Gasteiger partial charge in [0.2, 0.25) is 10.0 Å². The Kier molecular flexibility index (Phi) is 5.43. The average molecular weight is 365 g/mol. The number of anilines is 2. The number of rotatable bonds is 4. The molecule has 4 N–H and O–H groups in total. The van der Waals surface area contributed by atoms with Crippen molar-refractivity contribution < 1.29 is 13.2 Å². The van der Waals surface area contributed by atoms with E-state index < -0.39 is 10.0 Å². The van der Waals surface area contributed by atoms with Crippen molar-refractivity contribution >= 4 is 38.7 Å². The molecule has 0 aliphatic rings. The van der Waals surface area contributed by atoms with Crippen molar-refractivity contribution in [1.82, 2.24) is 0 Å². The third-order valence-corrected chi connectivity index (χ3v) is 4.64. The van der Waals surface area contributed by atoms with Crippen LogP contribution in [0.2, 0.25) is 0 Å². The zero-order chi connectivity index (χ0) is 17.9. The van der Waals surface area contributed by atoms with Gasteiger partial charge in [-0.05, 0) is 61.5 Å². The third-order valence-electron chi connectivity index (χ3n) is 3.55. The number of methoxy groups -OCH3 is 1. The van der Waals surface area contributed by atoms with E-state index in [-0.39, 0.29) is 4.90 Å². The predicted molar refractivity (Wildman–Crippen MR) is 100 cm³/mol. The molecule has 0 amide bonds. The Morgan fingerprint density at radius 2 is 1.88 bits per heavy atom. The monoisotopic (exact) mass is 365 g/mol. The van der Waals surface area contributed by atoms with E-state index in [2.05, 4.69) is 10.6 Å². The molecule has 8 heteroatoms. The van der Waals surface area contributed by atoms with Gasteiger partial charge in [-0.3, -0.25) is 0 Å². The second kappa shape index (κ2) is 7.16. The van der Waals surface area contributed by atoms with Gasteiger partial charge in [-0.2, -0.15) is 0 Å². The highest BCUT2D eigenvalue weighted by Gasteiger charge is 2.13. The number of aryl methyl sites for hydroxylation is 1. The summed E-state index contributed by atoms with van der Waals surface area (Å²) in [5.41, 5.74) is 3.02. The summed E-state index contributed by atoms with van der Waals surface area (Å²) in [6, 6.07) is 10.3. The number of thiocarbonyl (C=S) groups is 1. The van der Waals surface area contributed by atoms with Gasteiger partial charge < -0.3 is 15.4 Å². The molecule has 24 heavy (non-hydrogen) atoms. The first-order valence-corrected chi connectivity index (χ1v) is 9.02. The van der Waals surface area contributed by atoms with E-state index in [0.717, 1.165) is 16.8 Å². The standard InChI is InChI=1S/C16H19N3O3S2/c1-10-7-14(24(17,20)21)9-15(11(10)2)19-16(23)18-12-5-4-6-13(8-12)22-3/h4-9H,1-3H3,(H2,17,20,21)(H2,18,19,23). The number of ether oxygens (including phenoxy) is 1. The Morgan fingerprint density at radius 1 is 1.17 bits per heavy atom. The van der Waals surface area contributed by atoms with Crippen LogP contribution >= 0.6 is 12.2 Å². The highest BCUT2D eigenvalue weighted by atomic mass is 32.2. The predicted octanol–water partition coefficient (Wildman–Crippen LogP) is 2.77. The SMILES string of the molecule is COc1cccc(NC(=S)Nc2cc(S(N)(=O)=O)cc(C)c2C)c1. The molecule has 128 valence electrons. The molecule has 0 spiro atoms. The fourth-order valence-corrected chi connectivity index (χ4v) is 2.96. The summed E-state index contributed by atoms with van der Waals surface area (Å²) in [7, 11) is -2.20. The molecule has 0 saturated heterocycles. The lowest BCUT2D eigenvalue weighted by Crippen LogP contribution is -2.20. The lowest BCUT2D eigenvalue weighted by molar-refractivity contribution is 0.415. The van der Waals surface area contributed by atoms with Crippen LogP contribution in [0.15, 0.2) is 41.3 Å². The van der Waals surface area contributed by atoms with Crippen molar-refractivity contribution in [3.8, 4) is 5.75 Å². The minimum atomic E-state index is -3.79. The minimum absolute atomic E-state index is 0.0391. The van der Waals surface area contributed by atoms with Crippen molar-refractivity contribution in [3.63, 3.8) is 0 Å². The topological polar surface area (TPSA) is 93.4 Å². The maximum Gasteiger partial charge on any atom is 0.238 e. The molecule has 6 nitrogen and oxygen atoms in total. The third kappa shape index (κ3) is 4.44. The van der Waals surface area contributed by atoms with Gasteiger partial charge in [0.1, 0.15) is 5.75 Å². The van der Waals surface area contributed by atoms with E-state index in [4.69, 9.17) is 22.1 Å². The quantitative estimate of drug-likeness (QED) is 0.722. The molecule has 0 aliphatic carbocycles. The number of hydrogen-bond acceptors (Lipinski definition) is 4. The van der Waals surface area contributed by atoms with Gasteiger partial charge in [0.15, 0.2) is 5.11 Å². The molecule has 2 aromatic rings. The Balaban J connectivity index is 2.23. The first-order chi connectivity index (χ1) is 11.2. The van der Waals surface area contributed by atoms with Crippen LogP contribution in [0.4, 0.5) is 11.4 Å². The van der Waals surface area contributed by atoms with Gasteiger partial charge in [0.25, 0.3) is 0 Å². The normalized spacial score (nSPS) is 11.0.